The third kappa shape index (κ3) is 5.04. The van der Waals surface area contributed by atoms with Gasteiger partial charge in [0.2, 0.25) is 5.91 Å². The summed E-state index contributed by atoms with van der Waals surface area (Å²) in [5, 5.41) is 2.83. The fourth-order valence-electron chi connectivity index (χ4n) is 2.43. The molecule has 6 heteroatoms. The number of amides is 1. The van der Waals surface area contributed by atoms with Gasteiger partial charge in [-0.2, -0.15) is 0 Å². The number of aryl methyl sites for hydroxylation is 1. The number of ether oxygens (including phenoxy) is 1. The number of sulfone groups is 1. The van der Waals surface area contributed by atoms with E-state index in [0.29, 0.717) is 25.8 Å². The molecule has 1 aromatic rings. The predicted molar refractivity (Wildman–Crippen MR) is 81.1 cm³/mol. The van der Waals surface area contributed by atoms with Gasteiger partial charge in [0.25, 0.3) is 0 Å². The lowest BCUT2D eigenvalue weighted by atomic mass is 10.1. The summed E-state index contributed by atoms with van der Waals surface area (Å²) in [5.74, 6) is 1.28. The number of methoxy groups -OCH3 is 1. The third-order valence-corrected chi connectivity index (χ3v) is 5.55. The van der Waals surface area contributed by atoms with E-state index < -0.39 is 9.84 Å². The second-order valence-corrected chi connectivity index (χ2v) is 7.65. The van der Waals surface area contributed by atoms with Crippen molar-refractivity contribution < 1.29 is 17.9 Å². The molecule has 1 heterocycles. The molecule has 0 spiro atoms. The number of nitrogens with one attached hydrogen (secondary N) is 1. The second kappa shape index (κ2) is 6.93. The van der Waals surface area contributed by atoms with Gasteiger partial charge in [0.05, 0.1) is 18.6 Å². The van der Waals surface area contributed by atoms with Crippen molar-refractivity contribution in [1.29, 1.82) is 0 Å². The molecule has 1 fully saturated rings. The van der Waals surface area contributed by atoms with Crippen LogP contribution in [0.5, 0.6) is 5.75 Å². The summed E-state index contributed by atoms with van der Waals surface area (Å²) >= 11 is 0. The van der Waals surface area contributed by atoms with Crippen LogP contribution in [-0.4, -0.2) is 39.5 Å². The minimum atomic E-state index is -2.87. The van der Waals surface area contributed by atoms with Gasteiger partial charge in [0.1, 0.15) is 5.75 Å². The fraction of sp³-hybridized carbons (Fsp3) is 0.533. The van der Waals surface area contributed by atoms with Gasteiger partial charge in [-0.3, -0.25) is 4.79 Å². The van der Waals surface area contributed by atoms with E-state index in [1.807, 2.05) is 24.3 Å². The second-order valence-electron chi connectivity index (χ2n) is 5.42. The Morgan fingerprint density at radius 2 is 2.05 bits per heavy atom. The van der Waals surface area contributed by atoms with E-state index >= 15 is 0 Å². The molecular weight excluding hydrogens is 290 g/mol. The summed E-state index contributed by atoms with van der Waals surface area (Å²) in [6.45, 7) is 0.459. The van der Waals surface area contributed by atoms with Crippen LogP contribution in [0.2, 0.25) is 0 Å². The van der Waals surface area contributed by atoms with Gasteiger partial charge in [-0.25, -0.2) is 8.42 Å². The Bertz CT molecular complexity index is 580. The van der Waals surface area contributed by atoms with Crippen molar-refractivity contribution in [3.05, 3.63) is 29.8 Å². The Kier molecular flexibility index (Phi) is 5.22. The lowest BCUT2D eigenvalue weighted by Crippen LogP contribution is -2.29. The zero-order valence-electron chi connectivity index (χ0n) is 12.2. The number of hydrogen-bond acceptors (Lipinski definition) is 4. The summed E-state index contributed by atoms with van der Waals surface area (Å²) < 4.78 is 27.7. The van der Waals surface area contributed by atoms with Crippen LogP contribution in [0.1, 0.15) is 18.4 Å². The Morgan fingerprint density at radius 3 is 2.62 bits per heavy atom. The van der Waals surface area contributed by atoms with Gasteiger partial charge in [0.15, 0.2) is 9.84 Å². The highest BCUT2D eigenvalue weighted by Crippen LogP contribution is 2.17. The van der Waals surface area contributed by atoms with Gasteiger partial charge >= 0.3 is 0 Å². The van der Waals surface area contributed by atoms with Crippen LogP contribution in [0, 0.1) is 5.92 Å². The average molecular weight is 311 g/mol. The zero-order valence-corrected chi connectivity index (χ0v) is 13.0. The molecule has 1 N–H and O–H groups in total. The van der Waals surface area contributed by atoms with Crippen LogP contribution in [0.25, 0.3) is 0 Å². The molecule has 21 heavy (non-hydrogen) atoms. The molecule has 0 bridgehead atoms. The van der Waals surface area contributed by atoms with Gasteiger partial charge in [-0.1, -0.05) is 12.1 Å². The Labute approximate surface area is 125 Å². The first-order valence-corrected chi connectivity index (χ1v) is 8.91. The molecule has 1 amide bonds. The predicted octanol–water partition coefficient (Wildman–Crippen LogP) is 1.18. The molecule has 1 aliphatic heterocycles. The summed E-state index contributed by atoms with van der Waals surface area (Å²) in [4.78, 5) is 11.8. The Hall–Kier alpha value is -1.56. The molecule has 0 radical (unpaired) electrons. The molecule has 2 rings (SSSR count). The largest absolute Gasteiger partial charge is 0.497 e. The molecule has 1 atom stereocenters. The van der Waals surface area contributed by atoms with Crippen LogP contribution in [0.3, 0.4) is 0 Å². The molecule has 5 nitrogen and oxygen atoms in total. The number of rotatable bonds is 6. The van der Waals surface area contributed by atoms with Gasteiger partial charge < -0.3 is 10.1 Å². The van der Waals surface area contributed by atoms with Crippen molar-refractivity contribution in [1.82, 2.24) is 5.32 Å². The SMILES string of the molecule is COc1ccc(CCC(=O)NCC2CCS(=O)(=O)C2)cc1. The standard InChI is InChI=1S/C15H21NO4S/c1-20-14-5-2-12(3-6-14)4-7-15(17)16-10-13-8-9-21(18,19)11-13/h2-3,5-6,13H,4,7-11H2,1H3,(H,16,17). The first kappa shape index (κ1) is 15.8. The summed E-state index contributed by atoms with van der Waals surface area (Å²) in [6, 6.07) is 7.62. The highest BCUT2D eigenvalue weighted by Gasteiger charge is 2.27. The number of carbonyl (C=O) groups is 1. The summed E-state index contributed by atoms with van der Waals surface area (Å²) in [7, 11) is -1.25. The zero-order chi connectivity index (χ0) is 15.3. The normalized spacial score (nSPS) is 20.1. The van der Waals surface area contributed by atoms with Crippen LogP contribution in [0.15, 0.2) is 24.3 Å². The Morgan fingerprint density at radius 1 is 1.33 bits per heavy atom. The lowest BCUT2D eigenvalue weighted by Gasteiger charge is -2.09. The van der Waals surface area contributed by atoms with Crippen molar-refractivity contribution in [3.63, 3.8) is 0 Å². The average Bonchev–Trinajstić information content (AvgIpc) is 2.83. The topological polar surface area (TPSA) is 72.5 Å². The van der Waals surface area contributed by atoms with Crippen molar-refractivity contribution in [3.8, 4) is 5.75 Å². The summed E-state index contributed by atoms with van der Waals surface area (Å²) in [5.41, 5.74) is 1.08. The molecular formula is C15H21NO4S. The maximum Gasteiger partial charge on any atom is 0.220 e. The van der Waals surface area contributed by atoms with E-state index in [2.05, 4.69) is 5.32 Å². The van der Waals surface area contributed by atoms with E-state index in [-0.39, 0.29) is 23.3 Å². The maximum atomic E-state index is 11.8. The highest BCUT2D eigenvalue weighted by molar-refractivity contribution is 7.91. The van der Waals surface area contributed by atoms with E-state index in [4.69, 9.17) is 4.74 Å². The van der Waals surface area contributed by atoms with Crippen LogP contribution in [-0.2, 0) is 21.1 Å². The molecule has 0 aliphatic carbocycles. The van der Waals surface area contributed by atoms with Crippen LogP contribution >= 0.6 is 0 Å². The van der Waals surface area contributed by atoms with Gasteiger partial charge in [-0.05, 0) is 36.5 Å². The van der Waals surface area contributed by atoms with Crippen LogP contribution < -0.4 is 10.1 Å². The molecule has 116 valence electrons. The van der Waals surface area contributed by atoms with Crippen molar-refractivity contribution >= 4 is 15.7 Å². The van der Waals surface area contributed by atoms with E-state index in [9.17, 15) is 13.2 Å². The quantitative estimate of drug-likeness (QED) is 0.856. The van der Waals surface area contributed by atoms with E-state index in [1.54, 1.807) is 7.11 Å². The third-order valence-electron chi connectivity index (χ3n) is 3.71. The van der Waals surface area contributed by atoms with Crippen molar-refractivity contribution in [2.45, 2.75) is 19.3 Å². The number of benzene rings is 1. The molecule has 1 aromatic carbocycles. The van der Waals surface area contributed by atoms with E-state index in [0.717, 1.165) is 11.3 Å². The van der Waals surface area contributed by atoms with Crippen LogP contribution in [0.4, 0.5) is 0 Å². The van der Waals surface area contributed by atoms with Gasteiger partial charge in [0, 0.05) is 13.0 Å². The van der Waals surface area contributed by atoms with E-state index in [1.165, 1.54) is 0 Å². The number of carbonyl (C=O) groups excluding carboxylic acids is 1. The fourth-order valence-corrected chi connectivity index (χ4v) is 4.29. The minimum absolute atomic E-state index is 0.0323. The maximum absolute atomic E-state index is 11.8. The highest BCUT2D eigenvalue weighted by atomic mass is 32.2. The van der Waals surface area contributed by atoms with Crippen molar-refractivity contribution in [2.75, 3.05) is 25.2 Å². The molecule has 1 saturated heterocycles. The smallest absolute Gasteiger partial charge is 0.220 e. The lowest BCUT2D eigenvalue weighted by molar-refractivity contribution is -0.121. The molecule has 0 saturated carbocycles. The molecule has 1 unspecified atom stereocenters. The first-order valence-electron chi connectivity index (χ1n) is 7.08. The van der Waals surface area contributed by atoms with Gasteiger partial charge in [-0.15, -0.1) is 0 Å². The monoisotopic (exact) mass is 311 g/mol. The molecule has 1 aliphatic rings. The molecule has 0 aromatic heterocycles. The number of hydrogen-bond donors (Lipinski definition) is 1. The minimum Gasteiger partial charge on any atom is -0.497 e. The van der Waals surface area contributed by atoms with Crippen molar-refractivity contribution in [2.24, 2.45) is 5.92 Å². The Balaban J connectivity index is 1.70. The summed E-state index contributed by atoms with van der Waals surface area (Å²) in [6.07, 6.45) is 1.73. The first-order chi connectivity index (χ1) is 9.98.